The molecule has 0 radical (unpaired) electrons. The number of carbonyl (C=O) groups is 1. The smallest absolute Gasteiger partial charge is 0.282 e. The van der Waals surface area contributed by atoms with E-state index < -0.39 is 4.92 Å². The Kier molecular flexibility index (Phi) is 4.71. The minimum absolute atomic E-state index is 0.113. The summed E-state index contributed by atoms with van der Waals surface area (Å²) in [6.07, 6.45) is 6.65. The Bertz CT molecular complexity index is 494. The van der Waals surface area contributed by atoms with Crippen LogP contribution >= 0.6 is 0 Å². The Morgan fingerprint density at radius 2 is 1.80 bits per heavy atom. The van der Waals surface area contributed by atoms with Crippen molar-refractivity contribution in [2.45, 2.75) is 44.6 Å². The maximum atomic E-state index is 12.5. The third kappa shape index (κ3) is 3.15. The molecule has 0 heterocycles. The topological polar surface area (TPSA) is 63.5 Å². The molecule has 20 heavy (non-hydrogen) atoms. The fraction of sp³-hybridized carbons (Fsp3) is 0.533. The molecule has 1 fully saturated rings. The number of amides is 1. The van der Waals surface area contributed by atoms with Crippen LogP contribution in [0, 0.1) is 10.1 Å². The Balaban J connectivity index is 2.19. The summed E-state index contributed by atoms with van der Waals surface area (Å²) in [5.41, 5.74) is 0.0715. The van der Waals surface area contributed by atoms with Crippen molar-refractivity contribution in [2.24, 2.45) is 0 Å². The zero-order valence-corrected chi connectivity index (χ0v) is 11.7. The second-order valence-corrected chi connectivity index (χ2v) is 5.34. The molecule has 0 spiro atoms. The first-order valence-electron chi connectivity index (χ1n) is 7.12. The number of rotatable bonds is 3. The number of hydrogen-bond donors (Lipinski definition) is 0. The van der Waals surface area contributed by atoms with Crippen LogP contribution in [0.2, 0.25) is 0 Å². The highest BCUT2D eigenvalue weighted by molar-refractivity contribution is 5.98. The Morgan fingerprint density at radius 1 is 1.20 bits per heavy atom. The fourth-order valence-electron chi connectivity index (χ4n) is 2.81. The molecule has 1 saturated carbocycles. The maximum Gasteiger partial charge on any atom is 0.282 e. The third-order valence-corrected chi connectivity index (χ3v) is 4.02. The molecule has 5 heteroatoms. The van der Waals surface area contributed by atoms with E-state index in [2.05, 4.69) is 0 Å². The number of para-hydroxylation sites is 1. The van der Waals surface area contributed by atoms with Crippen molar-refractivity contribution in [1.29, 1.82) is 0 Å². The molecule has 1 aliphatic carbocycles. The van der Waals surface area contributed by atoms with Crippen LogP contribution in [0.3, 0.4) is 0 Å². The molecule has 0 atom stereocenters. The van der Waals surface area contributed by atoms with Gasteiger partial charge in [-0.25, -0.2) is 0 Å². The van der Waals surface area contributed by atoms with E-state index in [9.17, 15) is 14.9 Å². The highest BCUT2D eigenvalue weighted by Crippen LogP contribution is 2.25. The van der Waals surface area contributed by atoms with E-state index in [1.807, 2.05) is 0 Å². The van der Waals surface area contributed by atoms with E-state index in [4.69, 9.17) is 0 Å². The Hall–Kier alpha value is -1.91. The van der Waals surface area contributed by atoms with Crippen LogP contribution in [-0.4, -0.2) is 28.8 Å². The number of nitrogens with zero attached hydrogens (tertiary/aromatic N) is 2. The molecule has 0 N–H and O–H groups in total. The lowest BCUT2D eigenvalue weighted by atomic mass is 10.1. The number of benzene rings is 1. The number of nitro groups is 1. The van der Waals surface area contributed by atoms with Crippen LogP contribution in [0.1, 0.15) is 48.9 Å². The van der Waals surface area contributed by atoms with E-state index >= 15 is 0 Å². The van der Waals surface area contributed by atoms with E-state index in [0.29, 0.717) is 0 Å². The van der Waals surface area contributed by atoms with Crippen molar-refractivity contribution >= 4 is 11.6 Å². The summed E-state index contributed by atoms with van der Waals surface area (Å²) in [5, 5.41) is 11.0. The van der Waals surface area contributed by atoms with Crippen LogP contribution in [0.5, 0.6) is 0 Å². The molecule has 0 aromatic heterocycles. The van der Waals surface area contributed by atoms with Gasteiger partial charge in [0.05, 0.1) is 4.92 Å². The molecule has 0 saturated heterocycles. The largest absolute Gasteiger partial charge is 0.339 e. The Labute approximate surface area is 118 Å². The molecular weight excluding hydrogens is 256 g/mol. The van der Waals surface area contributed by atoms with Gasteiger partial charge >= 0.3 is 0 Å². The summed E-state index contributed by atoms with van der Waals surface area (Å²) in [4.78, 5) is 24.7. The molecular formula is C15H20N2O3. The van der Waals surface area contributed by atoms with E-state index in [1.165, 1.54) is 25.0 Å². The first-order chi connectivity index (χ1) is 9.61. The van der Waals surface area contributed by atoms with E-state index in [0.717, 1.165) is 25.7 Å². The molecule has 1 aromatic rings. The van der Waals surface area contributed by atoms with Gasteiger partial charge in [0.25, 0.3) is 11.6 Å². The van der Waals surface area contributed by atoms with Crippen molar-refractivity contribution < 1.29 is 9.72 Å². The van der Waals surface area contributed by atoms with E-state index in [-0.39, 0.29) is 23.2 Å². The van der Waals surface area contributed by atoms with Gasteiger partial charge in [-0.3, -0.25) is 14.9 Å². The van der Waals surface area contributed by atoms with Crippen LogP contribution < -0.4 is 0 Å². The van der Waals surface area contributed by atoms with Gasteiger partial charge in [-0.2, -0.15) is 0 Å². The molecule has 1 aliphatic rings. The Morgan fingerprint density at radius 3 is 2.40 bits per heavy atom. The molecule has 0 aliphatic heterocycles. The standard InChI is InChI=1S/C15H20N2O3/c1-16(12-8-4-2-3-5-9-12)15(18)13-10-6-7-11-14(13)17(19)20/h6-7,10-12H,2-5,8-9H2,1H3. The fourth-order valence-corrected chi connectivity index (χ4v) is 2.81. The van der Waals surface area contributed by atoms with Gasteiger partial charge in [-0.05, 0) is 18.9 Å². The average Bonchev–Trinajstić information content (AvgIpc) is 2.74. The number of nitro benzene ring substituents is 1. The first kappa shape index (κ1) is 14.5. The summed E-state index contributed by atoms with van der Waals surface area (Å²) in [6.45, 7) is 0. The summed E-state index contributed by atoms with van der Waals surface area (Å²) < 4.78 is 0. The zero-order chi connectivity index (χ0) is 14.5. The highest BCUT2D eigenvalue weighted by Gasteiger charge is 2.26. The lowest BCUT2D eigenvalue weighted by Crippen LogP contribution is -2.37. The van der Waals surface area contributed by atoms with Crippen molar-refractivity contribution in [3.8, 4) is 0 Å². The van der Waals surface area contributed by atoms with E-state index in [1.54, 1.807) is 24.1 Å². The summed E-state index contributed by atoms with van der Waals surface area (Å²) in [7, 11) is 1.76. The molecule has 5 nitrogen and oxygen atoms in total. The predicted molar refractivity (Wildman–Crippen MR) is 76.7 cm³/mol. The van der Waals surface area contributed by atoms with Crippen LogP contribution in [0.25, 0.3) is 0 Å². The molecule has 1 amide bonds. The summed E-state index contributed by atoms with van der Waals surface area (Å²) >= 11 is 0. The van der Waals surface area contributed by atoms with Gasteiger partial charge in [0, 0.05) is 19.2 Å². The predicted octanol–water partition coefficient (Wildman–Crippen LogP) is 3.39. The zero-order valence-electron chi connectivity index (χ0n) is 11.7. The normalized spacial score (nSPS) is 16.4. The third-order valence-electron chi connectivity index (χ3n) is 4.02. The molecule has 0 bridgehead atoms. The minimum atomic E-state index is -0.492. The minimum Gasteiger partial charge on any atom is -0.339 e. The molecule has 108 valence electrons. The van der Waals surface area contributed by atoms with Gasteiger partial charge < -0.3 is 4.90 Å². The molecule has 0 unspecified atom stereocenters. The van der Waals surface area contributed by atoms with Crippen LogP contribution in [0.15, 0.2) is 24.3 Å². The van der Waals surface area contributed by atoms with Gasteiger partial charge in [0.15, 0.2) is 0 Å². The van der Waals surface area contributed by atoms with Crippen LogP contribution in [0.4, 0.5) is 5.69 Å². The first-order valence-corrected chi connectivity index (χ1v) is 7.12. The summed E-state index contributed by atoms with van der Waals surface area (Å²) in [5.74, 6) is -0.246. The summed E-state index contributed by atoms with van der Waals surface area (Å²) in [6, 6.07) is 6.37. The lowest BCUT2D eigenvalue weighted by Gasteiger charge is -2.27. The number of carbonyl (C=O) groups excluding carboxylic acids is 1. The average molecular weight is 276 g/mol. The molecule has 2 rings (SSSR count). The van der Waals surface area contributed by atoms with Crippen molar-refractivity contribution in [2.75, 3.05) is 7.05 Å². The second kappa shape index (κ2) is 6.50. The SMILES string of the molecule is CN(C(=O)c1ccccc1[N+](=O)[O-])C1CCCCCC1. The van der Waals surface area contributed by atoms with Crippen molar-refractivity contribution in [3.05, 3.63) is 39.9 Å². The quantitative estimate of drug-likeness (QED) is 0.483. The van der Waals surface area contributed by atoms with Gasteiger partial charge in [-0.1, -0.05) is 37.8 Å². The van der Waals surface area contributed by atoms with Crippen molar-refractivity contribution in [3.63, 3.8) is 0 Å². The second-order valence-electron chi connectivity index (χ2n) is 5.34. The van der Waals surface area contributed by atoms with Gasteiger partial charge in [0.1, 0.15) is 5.56 Å². The van der Waals surface area contributed by atoms with Gasteiger partial charge in [-0.15, -0.1) is 0 Å². The lowest BCUT2D eigenvalue weighted by molar-refractivity contribution is -0.385. The molecule has 1 aromatic carbocycles. The monoisotopic (exact) mass is 276 g/mol. The van der Waals surface area contributed by atoms with Gasteiger partial charge in [0.2, 0.25) is 0 Å². The van der Waals surface area contributed by atoms with Crippen LogP contribution in [-0.2, 0) is 0 Å². The highest BCUT2D eigenvalue weighted by atomic mass is 16.6. The maximum absolute atomic E-state index is 12.5. The van der Waals surface area contributed by atoms with Crippen molar-refractivity contribution in [1.82, 2.24) is 4.90 Å². The number of hydrogen-bond acceptors (Lipinski definition) is 3.